The molecular weight excluding hydrogens is 320 g/mol. The zero-order valence-corrected chi connectivity index (χ0v) is 13.6. The molecule has 1 aromatic heterocycles. The van der Waals surface area contributed by atoms with Gasteiger partial charge < -0.3 is 9.47 Å². The first-order valence-electron chi connectivity index (χ1n) is 7.20. The summed E-state index contributed by atoms with van der Waals surface area (Å²) in [4.78, 5) is 7.04. The molecule has 22 heavy (non-hydrogen) atoms. The van der Waals surface area contributed by atoms with E-state index in [0.717, 1.165) is 58.9 Å². The predicted molar refractivity (Wildman–Crippen MR) is 86.8 cm³/mol. The van der Waals surface area contributed by atoms with E-state index in [1.165, 1.54) is 0 Å². The van der Waals surface area contributed by atoms with E-state index in [0.29, 0.717) is 0 Å². The number of hydrogen-bond donors (Lipinski definition) is 0. The Labute approximate surface area is 135 Å². The van der Waals surface area contributed by atoms with Crippen LogP contribution in [-0.4, -0.2) is 45.5 Å². The lowest BCUT2D eigenvalue weighted by molar-refractivity contribution is 0.174. The lowest BCUT2D eigenvalue weighted by Gasteiger charge is -2.25. The van der Waals surface area contributed by atoms with Gasteiger partial charge in [-0.2, -0.15) is 0 Å². The minimum atomic E-state index is -0.629. The van der Waals surface area contributed by atoms with Crippen LogP contribution in [0.15, 0.2) is 23.6 Å². The van der Waals surface area contributed by atoms with Crippen LogP contribution in [0, 0.1) is 0 Å². The topological polar surface area (TPSA) is 51.7 Å². The van der Waals surface area contributed by atoms with Crippen molar-refractivity contribution < 1.29 is 13.7 Å². The Kier molecular flexibility index (Phi) is 3.85. The number of nitrogens with zero attached hydrogens (tertiary/aromatic N) is 2. The van der Waals surface area contributed by atoms with Crippen molar-refractivity contribution in [3.05, 3.63) is 29.3 Å². The lowest BCUT2D eigenvalue weighted by Crippen LogP contribution is -2.37. The van der Waals surface area contributed by atoms with Crippen LogP contribution in [-0.2, 0) is 17.3 Å². The van der Waals surface area contributed by atoms with Crippen LogP contribution in [0.5, 0.6) is 11.5 Å². The molecule has 4 rings (SSSR count). The van der Waals surface area contributed by atoms with Crippen molar-refractivity contribution in [1.29, 1.82) is 0 Å². The maximum Gasteiger partial charge on any atom is 0.231 e. The van der Waals surface area contributed by atoms with Gasteiger partial charge in [-0.05, 0) is 18.2 Å². The number of hydrogen-bond acceptors (Lipinski definition) is 6. The maximum atomic E-state index is 11.4. The van der Waals surface area contributed by atoms with E-state index in [1.54, 1.807) is 11.3 Å². The molecule has 0 spiro atoms. The fourth-order valence-electron chi connectivity index (χ4n) is 2.60. The first-order valence-corrected chi connectivity index (χ1v) is 9.56. The third-order valence-corrected chi connectivity index (χ3v) is 6.04. The van der Waals surface area contributed by atoms with Crippen molar-refractivity contribution in [2.24, 2.45) is 0 Å². The van der Waals surface area contributed by atoms with Crippen molar-refractivity contribution in [1.82, 2.24) is 9.88 Å². The van der Waals surface area contributed by atoms with Gasteiger partial charge in [-0.25, -0.2) is 4.98 Å². The van der Waals surface area contributed by atoms with Gasteiger partial charge in [0.1, 0.15) is 5.01 Å². The van der Waals surface area contributed by atoms with E-state index in [-0.39, 0.29) is 6.79 Å². The first kappa shape index (κ1) is 14.2. The predicted octanol–water partition coefficient (Wildman–Crippen LogP) is 2.10. The zero-order valence-electron chi connectivity index (χ0n) is 12.0. The first-order chi connectivity index (χ1) is 10.8. The van der Waals surface area contributed by atoms with Gasteiger partial charge in [-0.1, -0.05) is 0 Å². The molecular formula is C15H16N2O3S2. The summed E-state index contributed by atoms with van der Waals surface area (Å²) in [5, 5.41) is 3.10. The molecule has 0 aliphatic carbocycles. The van der Waals surface area contributed by atoms with E-state index in [9.17, 15) is 4.21 Å². The molecule has 2 aliphatic heterocycles. The molecule has 3 heterocycles. The molecule has 1 aromatic carbocycles. The quantitative estimate of drug-likeness (QED) is 0.859. The Balaban J connectivity index is 1.48. The minimum Gasteiger partial charge on any atom is -0.454 e. The molecule has 7 heteroatoms. The lowest BCUT2D eigenvalue weighted by atomic mass is 10.2. The van der Waals surface area contributed by atoms with Gasteiger partial charge in [0.05, 0.1) is 5.69 Å². The summed E-state index contributed by atoms with van der Waals surface area (Å²) in [7, 11) is -0.629. The Morgan fingerprint density at radius 3 is 2.91 bits per heavy atom. The monoisotopic (exact) mass is 336 g/mol. The van der Waals surface area contributed by atoms with E-state index in [1.807, 2.05) is 18.2 Å². The largest absolute Gasteiger partial charge is 0.454 e. The molecule has 0 atom stereocenters. The number of thiazole rings is 1. The summed E-state index contributed by atoms with van der Waals surface area (Å²) < 4.78 is 22.1. The van der Waals surface area contributed by atoms with Gasteiger partial charge in [-0.3, -0.25) is 9.11 Å². The van der Waals surface area contributed by atoms with Crippen LogP contribution >= 0.6 is 11.3 Å². The van der Waals surface area contributed by atoms with Crippen LogP contribution in [0.4, 0.5) is 0 Å². The van der Waals surface area contributed by atoms with Gasteiger partial charge in [0.15, 0.2) is 11.5 Å². The highest BCUT2D eigenvalue weighted by Crippen LogP contribution is 2.36. The third-order valence-electron chi connectivity index (χ3n) is 3.83. The molecule has 0 radical (unpaired) electrons. The molecule has 1 saturated heterocycles. The van der Waals surface area contributed by atoms with Gasteiger partial charge in [-0.15, -0.1) is 11.3 Å². The molecule has 1 fully saturated rings. The zero-order chi connectivity index (χ0) is 14.9. The average Bonchev–Trinajstić information content (AvgIpc) is 3.17. The SMILES string of the molecule is O=S1CCN(Cc2csc(-c3ccc4c(c3)OCO4)n2)CC1. The molecule has 2 aliphatic rings. The molecule has 0 saturated carbocycles. The Morgan fingerprint density at radius 1 is 1.23 bits per heavy atom. The number of ether oxygens (including phenoxy) is 2. The Morgan fingerprint density at radius 2 is 2.05 bits per heavy atom. The summed E-state index contributed by atoms with van der Waals surface area (Å²) in [5.41, 5.74) is 2.13. The van der Waals surface area contributed by atoms with Crippen molar-refractivity contribution in [3.8, 4) is 22.1 Å². The summed E-state index contributed by atoms with van der Waals surface area (Å²) in [6.45, 7) is 2.91. The molecule has 0 unspecified atom stereocenters. The average molecular weight is 336 g/mol. The second kappa shape index (κ2) is 5.98. The molecule has 2 aromatic rings. The molecule has 0 amide bonds. The number of benzene rings is 1. The van der Waals surface area contributed by atoms with Crippen LogP contribution in [0.25, 0.3) is 10.6 Å². The second-order valence-corrected chi connectivity index (χ2v) is 7.89. The molecule has 0 bridgehead atoms. The Hall–Kier alpha value is -1.44. The van der Waals surface area contributed by atoms with E-state index >= 15 is 0 Å². The highest BCUT2D eigenvalue weighted by molar-refractivity contribution is 7.85. The molecule has 0 N–H and O–H groups in total. The maximum absolute atomic E-state index is 11.4. The van der Waals surface area contributed by atoms with Crippen LogP contribution in [0.1, 0.15) is 5.69 Å². The van der Waals surface area contributed by atoms with Crippen LogP contribution in [0.2, 0.25) is 0 Å². The fourth-order valence-corrected chi connectivity index (χ4v) is 4.54. The van der Waals surface area contributed by atoms with Crippen molar-refractivity contribution >= 4 is 22.1 Å². The third kappa shape index (κ3) is 2.88. The van der Waals surface area contributed by atoms with Crippen LogP contribution < -0.4 is 9.47 Å². The highest BCUT2D eigenvalue weighted by Gasteiger charge is 2.18. The summed E-state index contributed by atoms with van der Waals surface area (Å²) >= 11 is 1.64. The smallest absolute Gasteiger partial charge is 0.231 e. The number of fused-ring (bicyclic) bond motifs is 1. The Bertz CT molecular complexity index is 707. The number of rotatable bonds is 3. The van der Waals surface area contributed by atoms with Gasteiger partial charge >= 0.3 is 0 Å². The summed E-state index contributed by atoms with van der Waals surface area (Å²) in [6, 6.07) is 5.92. The normalized spacial score (nSPS) is 18.7. The molecule has 5 nitrogen and oxygen atoms in total. The summed E-state index contributed by atoms with van der Waals surface area (Å²) in [6.07, 6.45) is 0. The van der Waals surface area contributed by atoms with Gasteiger partial charge in [0.25, 0.3) is 0 Å². The van der Waals surface area contributed by atoms with Gasteiger partial charge in [0.2, 0.25) is 6.79 Å². The van der Waals surface area contributed by atoms with E-state index < -0.39 is 10.8 Å². The second-order valence-electron chi connectivity index (χ2n) is 5.34. The fraction of sp³-hybridized carbons (Fsp3) is 0.400. The molecule has 116 valence electrons. The van der Waals surface area contributed by atoms with Crippen molar-refractivity contribution in [2.45, 2.75) is 6.54 Å². The summed E-state index contributed by atoms with van der Waals surface area (Å²) in [5.74, 6) is 3.13. The van der Waals surface area contributed by atoms with E-state index in [2.05, 4.69) is 10.3 Å². The van der Waals surface area contributed by atoms with Crippen molar-refractivity contribution in [2.75, 3.05) is 31.4 Å². The number of aromatic nitrogens is 1. The minimum absolute atomic E-state index is 0.290. The van der Waals surface area contributed by atoms with E-state index in [4.69, 9.17) is 14.5 Å². The van der Waals surface area contributed by atoms with Crippen LogP contribution in [0.3, 0.4) is 0 Å². The van der Waals surface area contributed by atoms with Crippen molar-refractivity contribution in [3.63, 3.8) is 0 Å². The van der Waals surface area contributed by atoms with Gasteiger partial charge in [0, 0.05) is 52.9 Å². The highest BCUT2D eigenvalue weighted by atomic mass is 32.2. The standard InChI is InChI=1S/C15H16N2O3S2/c18-22-5-3-17(4-6-22)8-12-9-21-15(16-12)11-1-2-13-14(7-11)20-10-19-13/h1-2,7,9H,3-6,8,10H2.